The summed E-state index contributed by atoms with van der Waals surface area (Å²) >= 11 is 3.34. The number of rotatable bonds is 3. The van der Waals surface area contributed by atoms with E-state index in [2.05, 4.69) is 15.9 Å². The Morgan fingerprint density at radius 2 is 1.86 bits per heavy atom. The molecule has 3 nitrogen and oxygen atoms in total. The van der Waals surface area contributed by atoms with E-state index in [1.807, 2.05) is 27.7 Å². The lowest BCUT2D eigenvalue weighted by Gasteiger charge is -2.32. The van der Waals surface area contributed by atoms with E-state index in [0.717, 1.165) is 4.47 Å². The lowest BCUT2D eigenvalue weighted by molar-refractivity contribution is 0.00578. The summed E-state index contributed by atoms with van der Waals surface area (Å²) < 4.78 is 26.6. The Kier molecular flexibility index (Phi) is 4.64. The highest BCUT2D eigenvalue weighted by molar-refractivity contribution is 9.10. The molecule has 1 aromatic carbocycles. The Hall–Kier alpha value is -0.685. The zero-order valence-electron chi connectivity index (χ0n) is 12.7. The molecule has 6 heteroatoms. The van der Waals surface area contributed by atoms with Crippen molar-refractivity contribution in [2.75, 3.05) is 6.54 Å². The fraction of sp³-hybridized carbons (Fsp3) is 0.467. The highest BCUT2D eigenvalue weighted by Gasteiger charge is 2.52. The Balaban J connectivity index is 2.33. The number of hydrogen-bond acceptors (Lipinski definition) is 3. The van der Waals surface area contributed by atoms with Gasteiger partial charge in [0.1, 0.15) is 5.82 Å². The Bertz CT molecular complexity index is 559. The summed E-state index contributed by atoms with van der Waals surface area (Å²) in [6, 6.07) is 4.77. The van der Waals surface area contributed by atoms with E-state index in [1.165, 1.54) is 6.07 Å². The van der Waals surface area contributed by atoms with Crippen LogP contribution >= 0.6 is 15.9 Å². The second-order valence-corrected chi connectivity index (χ2v) is 7.09. The maximum atomic E-state index is 13.9. The summed E-state index contributed by atoms with van der Waals surface area (Å²) in [5.74, 6) is -0.305. The van der Waals surface area contributed by atoms with Crippen molar-refractivity contribution in [2.45, 2.75) is 38.9 Å². The average Bonchev–Trinajstić information content (AvgIpc) is 2.59. The number of halogens is 2. The van der Waals surface area contributed by atoms with Gasteiger partial charge in [-0.25, -0.2) is 4.39 Å². The van der Waals surface area contributed by atoms with E-state index in [-0.39, 0.29) is 12.4 Å². The van der Waals surface area contributed by atoms with E-state index in [9.17, 15) is 4.39 Å². The number of benzene rings is 1. The average molecular weight is 356 g/mol. The molecule has 1 heterocycles. The summed E-state index contributed by atoms with van der Waals surface area (Å²) in [7, 11) is -0.557. The van der Waals surface area contributed by atoms with Gasteiger partial charge in [-0.3, -0.25) is 0 Å². The Morgan fingerprint density at radius 1 is 1.29 bits per heavy atom. The van der Waals surface area contributed by atoms with Gasteiger partial charge in [0.25, 0.3) is 0 Å². The summed E-state index contributed by atoms with van der Waals surface area (Å²) in [4.78, 5) is 0. The van der Waals surface area contributed by atoms with Crippen molar-refractivity contribution < 1.29 is 13.7 Å². The van der Waals surface area contributed by atoms with Crippen LogP contribution in [0.15, 0.2) is 28.1 Å². The molecule has 1 aliphatic heterocycles. The zero-order valence-corrected chi connectivity index (χ0v) is 14.3. The van der Waals surface area contributed by atoms with Gasteiger partial charge in [-0.05, 0) is 51.4 Å². The van der Waals surface area contributed by atoms with Crippen LogP contribution in [0, 0.1) is 5.82 Å². The van der Waals surface area contributed by atoms with Crippen molar-refractivity contribution in [1.29, 1.82) is 0 Å². The van der Waals surface area contributed by atoms with Crippen molar-refractivity contribution in [2.24, 2.45) is 5.73 Å². The molecule has 0 aromatic heterocycles. The molecule has 2 rings (SSSR count). The molecule has 0 saturated carbocycles. The molecule has 2 N–H and O–H groups in total. The fourth-order valence-corrected chi connectivity index (χ4v) is 2.42. The minimum Gasteiger partial charge on any atom is -0.400 e. The molecular formula is C15H20BBrFNO2. The quantitative estimate of drug-likeness (QED) is 0.843. The van der Waals surface area contributed by atoms with Gasteiger partial charge in [-0.2, -0.15) is 0 Å². The normalized spacial score (nSPS) is 20.9. The monoisotopic (exact) mass is 355 g/mol. The summed E-state index contributed by atoms with van der Waals surface area (Å²) in [5, 5.41) is 0. The molecule has 0 aliphatic carbocycles. The van der Waals surface area contributed by atoms with E-state index in [4.69, 9.17) is 15.0 Å². The third-order valence-electron chi connectivity index (χ3n) is 4.09. The van der Waals surface area contributed by atoms with Gasteiger partial charge in [0.2, 0.25) is 0 Å². The minimum atomic E-state index is -0.557. The van der Waals surface area contributed by atoms with Gasteiger partial charge in [-0.15, -0.1) is 0 Å². The van der Waals surface area contributed by atoms with Crippen molar-refractivity contribution in [1.82, 2.24) is 0 Å². The van der Waals surface area contributed by atoms with Crippen molar-refractivity contribution >= 4 is 29.1 Å². The van der Waals surface area contributed by atoms with Gasteiger partial charge in [0.15, 0.2) is 0 Å². The third-order valence-corrected chi connectivity index (χ3v) is 4.58. The molecular weight excluding hydrogens is 336 g/mol. The van der Waals surface area contributed by atoms with Gasteiger partial charge < -0.3 is 15.0 Å². The van der Waals surface area contributed by atoms with Crippen molar-refractivity contribution in [3.8, 4) is 0 Å². The largest absolute Gasteiger partial charge is 0.491 e. The molecule has 1 fully saturated rings. The van der Waals surface area contributed by atoms with Crippen molar-refractivity contribution in [3.63, 3.8) is 0 Å². The first-order valence-corrected chi connectivity index (χ1v) is 7.67. The molecule has 0 unspecified atom stereocenters. The lowest BCUT2D eigenvalue weighted by Crippen LogP contribution is -2.41. The Morgan fingerprint density at radius 3 is 2.38 bits per heavy atom. The van der Waals surface area contributed by atoms with Gasteiger partial charge >= 0.3 is 7.12 Å². The molecule has 0 bridgehead atoms. The molecule has 1 saturated heterocycles. The third kappa shape index (κ3) is 3.39. The molecule has 0 atom stereocenters. The lowest BCUT2D eigenvalue weighted by atomic mass is 9.77. The molecule has 1 aliphatic rings. The van der Waals surface area contributed by atoms with Gasteiger partial charge in [-0.1, -0.05) is 22.0 Å². The topological polar surface area (TPSA) is 44.5 Å². The highest BCUT2D eigenvalue weighted by atomic mass is 79.9. The zero-order chi connectivity index (χ0) is 15.8. The van der Waals surface area contributed by atoms with Crippen LogP contribution in [0.2, 0.25) is 0 Å². The van der Waals surface area contributed by atoms with Crippen LogP contribution in [0.5, 0.6) is 0 Å². The first kappa shape index (κ1) is 16.7. The fourth-order valence-electron chi connectivity index (χ4n) is 2.04. The maximum Gasteiger partial charge on any atom is 0.491 e. The van der Waals surface area contributed by atoms with E-state index >= 15 is 0 Å². The second-order valence-electron chi connectivity index (χ2n) is 6.18. The van der Waals surface area contributed by atoms with Crippen LogP contribution in [0.3, 0.4) is 0 Å². The SMILES string of the molecule is CC1(C)OB(C(=Cc2cc(Br)ccc2F)CN)OC1(C)C. The van der Waals surface area contributed by atoms with Crippen LogP contribution in [0.1, 0.15) is 33.3 Å². The van der Waals surface area contributed by atoms with Crippen LogP contribution in [0.25, 0.3) is 6.08 Å². The highest BCUT2D eigenvalue weighted by Crippen LogP contribution is 2.38. The predicted molar refractivity (Wildman–Crippen MR) is 87.2 cm³/mol. The summed E-state index contributed by atoms with van der Waals surface area (Å²) in [6.07, 6.45) is 1.70. The predicted octanol–water partition coefficient (Wildman–Crippen LogP) is 3.56. The van der Waals surface area contributed by atoms with E-state index in [1.54, 1.807) is 18.2 Å². The van der Waals surface area contributed by atoms with Crippen molar-refractivity contribution in [3.05, 3.63) is 39.5 Å². The second kappa shape index (κ2) is 5.84. The van der Waals surface area contributed by atoms with E-state index in [0.29, 0.717) is 11.0 Å². The molecule has 0 spiro atoms. The number of nitrogens with two attached hydrogens (primary N) is 1. The molecule has 21 heavy (non-hydrogen) atoms. The first-order chi connectivity index (χ1) is 9.66. The maximum absolute atomic E-state index is 13.9. The van der Waals surface area contributed by atoms with Crippen LogP contribution in [0.4, 0.5) is 4.39 Å². The summed E-state index contributed by atoms with van der Waals surface area (Å²) in [6.45, 7) is 8.13. The van der Waals surface area contributed by atoms with Gasteiger partial charge in [0.05, 0.1) is 11.2 Å². The Labute approximate surface area is 134 Å². The minimum absolute atomic E-state index is 0.239. The van der Waals surface area contributed by atoms with Crippen LogP contribution < -0.4 is 5.73 Å². The van der Waals surface area contributed by atoms with E-state index < -0.39 is 18.3 Å². The molecule has 0 amide bonds. The smallest absolute Gasteiger partial charge is 0.400 e. The standard InChI is InChI=1S/C15H20BBrFNO2/c1-14(2)15(3,4)21-16(20-14)11(9-19)7-10-8-12(17)5-6-13(10)18/h5-8H,9,19H2,1-4H3. The summed E-state index contributed by atoms with van der Waals surface area (Å²) in [5.41, 5.74) is 6.09. The first-order valence-electron chi connectivity index (χ1n) is 6.87. The molecule has 1 aromatic rings. The molecule has 0 radical (unpaired) electrons. The van der Waals surface area contributed by atoms with Gasteiger partial charge in [0, 0.05) is 16.6 Å². The van der Waals surface area contributed by atoms with Crippen LogP contribution in [-0.4, -0.2) is 24.9 Å². The number of hydrogen-bond donors (Lipinski definition) is 1. The molecule has 114 valence electrons. The van der Waals surface area contributed by atoms with Crippen LogP contribution in [-0.2, 0) is 9.31 Å².